The average molecular weight is 713 g/mol. The van der Waals surface area contributed by atoms with Crippen molar-refractivity contribution in [2.45, 2.75) is 19.1 Å². The second-order valence-electron chi connectivity index (χ2n) is 12.8. The van der Waals surface area contributed by atoms with Gasteiger partial charge in [0.2, 0.25) is 5.95 Å². The van der Waals surface area contributed by atoms with Crippen molar-refractivity contribution in [2.75, 3.05) is 0 Å². The van der Waals surface area contributed by atoms with Crippen LogP contribution in [0, 0.1) is 0 Å². The van der Waals surface area contributed by atoms with Gasteiger partial charge in [0.15, 0.2) is 11.6 Å². The normalized spacial score (nSPS) is 18.0. The monoisotopic (exact) mass is 712 g/mol. The topological polar surface area (TPSA) is 43.6 Å². The van der Waals surface area contributed by atoms with Crippen LogP contribution in [-0.4, -0.2) is 19.5 Å². The lowest BCUT2D eigenvalue weighted by Gasteiger charge is -2.23. The SMILES string of the molecule is [2H]c1c([2H])c([2H])c2c(c1[2H])-c1c([2H])c([2H])c3c4c([2H])c([2H])c([2H])c([2H])c4n(-c4nc(-c5ccc(-c6ccccc6)cc5)nc(-c5ccc6c(c5)sc5ccccc56)n4)c3c1C2(C([2H])([2H])[2H])C([2H])([2H])[2H]. The minimum atomic E-state index is -3.69. The van der Waals surface area contributed by atoms with E-state index in [2.05, 4.69) is 0 Å². The van der Waals surface area contributed by atoms with Crippen molar-refractivity contribution in [3.63, 3.8) is 0 Å². The first-order valence-corrected chi connectivity index (χ1v) is 17.5. The number of thiophene rings is 1. The van der Waals surface area contributed by atoms with Crippen LogP contribution in [0.2, 0.25) is 0 Å². The van der Waals surface area contributed by atoms with E-state index in [4.69, 9.17) is 31.4 Å². The molecule has 0 N–H and O–H groups in total. The van der Waals surface area contributed by atoms with E-state index in [9.17, 15) is 5.48 Å². The summed E-state index contributed by atoms with van der Waals surface area (Å²) in [6.45, 7) is -7.38. The maximum Gasteiger partial charge on any atom is 0.238 e. The second-order valence-corrected chi connectivity index (χ2v) is 13.9. The summed E-state index contributed by atoms with van der Waals surface area (Å²) >= 11 is 1.54. The minimum absolute atomic E-state index is 0.0440. The highest BCUT2D eigenvalue weighted by Crippen LogP contribution is 2.52. The zero-order valence-electron chi connectivity index (χ0n) is 43.4. The molecule has 3 aromatic heterocycles. The quantitative estimate of drug-likeness (QED) is 0.182. The van der Waals surface area contributed by atoms with E-state index in [0.29, 0.717) is 11.1 Å². The highest BCUT2D eigenvalue weighted by Gasteiger charge is 2.38. The summed E-state index contributed by atoms with van der Waals surface area (Å²) in [6, 6.07) is 22.3. The molecule has 0 spiro atoms. The molecule has 4 nitrogen and oxygen atoms in total. The lowest BCUT2D eigenvalue weighted by atomic mass is 9.81. The van der Waals surface area contributed by atoms with Crippen molar-refractivity contribution in [3.8, 4) is 51.0 Å². The molecule has 7 aromatic carbocycles. The number of fused-ring (bicyclic) bond motifs is 10. The Morgan fingerprint density at radius 2 is 1.26 bits per heavy atom. The van der Waals surface area contributed by atoms with Gasteiger partial charge in [0.05, 0.1) is 24.7 Å². The maximum absolute atomic E-state index is 9.60. The summed E-state index contributed by atoms with van der Waals surface area (Å²) in [5, 5.41) is 1.18. The Bertz CT molecular complexity index is 3870. The van der Waals surface area contributed by atoms with Gasteiger partial charge >= 0.3 is 0 Å². The minimum Gasteiger partial charge on any atom is -0.277 e. The van der Waals surface area contributed by atoms with Gasteiger partial charge < -0.3 is 0 Å². The number of hydrogen-bond acceptors (Lipinski definition) is 4. The molecular formula is C48H32N4S. The number of aromatic nitrogens is 4. The molecule has 0 atom stereocenters. The molecule has 0 amide bonds. The number of hydrogen-bond donors (Lipinski definition) is 0. The van der Waals surface area contributed by atoms with Crippen molar-refractivity contribution in [2.24, 2.45) is 0 Å². The molecule has 250 valence electrons. The molecule has 11 rings (SSSR count). The Kier molecular flexibility index (Phi) is 3.91. The Morgan fingerprint density at radius 1 is 0.566 bits per heavy atom. The Morgan fingerprint density at radius 3 is 2.13 bits per heavy atom. The smallest absolute Gasteiger partial charge is 0.238 e. The molecule has 3 heterocycles. The van der Waals surface area contributed by atoms with Crippen molar-refractivity contribution < 1.29 is 21.9 Å². The largest absolute Gasteiger partial charge is 0.277 e. The molecule has 0 aliphatic heterocycles. The molecule has 0 unspecified atom stereocenters. The molecular weight excluding hydrogens is 665 g/mol. The van der Waals surface area contributed by atoms with E-state index in [1.54, 1.807) is 18.2 Å². The van der Waals surface area contributed by atoms with E-state index in [1.165, 1.54) is 11.3 Å². The van der Waals surface area contributed by atoms with Crippen LogP contribution in [0.3, 0.4) is 0 Å². The van der Waals surface area contributed by atoms with E-state index in [-0.39, 0.29) is 28.5 Å². The molecule has 0 fully saturated rings. The van der Waals surface area contributed by atoms with Gasteiger partial charge in [0, 0.05) is 55.7 Å². The van der Waals surface area contributed by atoms with E-state index < -0.39 is 113 Å². The Labute approximate surface area is 333 Å². The molecule has 0 bridgehead atoms. The van der Waals surface area contributed by atoms with Gasteiger partial charge in [-0.2, -0.15) is 9.97 Å². The summed E-state index contributed by atoms with van der Waals surface area (Å²) in [4.78, 5) is 14.8. The molecule has 1 aliphatic carbocycles. The number of para-hydroxylation sites is 1. The van der Waals surface area contributed by atoms with Gasteiger partial charge in [-0.3, -0.25) is 4.57 Å². The van der Waals surface area contributed by atoms with Gasteiger partial charge in [-0.1, -0.05) is 153 Å². The molecule has 0 saturated heterocycles. The van der Waals surface area contributed by atoms with E-state index in [1.807, 2.05) is 78.9 Å². The first-order valence-electron chi connectivity index (χ1n) is 24.7. The van der Waals surface area contributed by atoms with Crippen LogP contribution in [-0.2, 0) is 5.41 Å². The highest BCUT2D eigenvalue weighted by molar-refractivity contribution is 7.25. The first kappa shape index (κ1) is 18.4. The number of rotatable bonds is 4. The Balaban J connectivity index is 1.34. The molecule has 53 heavy (non-hydrogen) atoms. The molecule has 1 aliphatic rings. The van der Waals surface area contributed by atoms with Gasteiger partial charge in [-0.05, 0) is 51.6 Å². The molecule has 10 aromatic rings. The lowest BCUT2D eigenvalue weighted by molar-refractivity contribution is 0.663. The van der Waals surface area contributed by atoms with Crippen LogP contribution in [0.5, 0.6) is 0 Å². The summed E-state index contributed by atoms with van der Waals surface area (Å²) in [7, 11) is 0. The van der Waals surface area contributed by atoms with E-state index in [0.717, 1.165) is 35.9 Å². The van der Waals surface area contributed by atoms with Crippen LogP contribution in [0.1, 0.15) is 46.8 Å². The van der Waals surface area contributed by atoms with Gasteiger partial charge in [0.25, 0.3) is 0 Å². The molecule has 0 saturated carbocycles. The summed E-state index contributed by atoms with van der Waals surface area (Å²) in [5.74, 6) is -0.288. The van der Waals surface area contributed by atoms with Crippen molar-refractivity contribution >= 4 is 53.3 Å². The fourth-order valence-corrected chi connectivity index (χ4v) is 8.50. The second kappa shape index (κ2) is 11.3. The van der Waals surface area contributed by atoms with Crippen LogP contribution in [0.4, 0.5) is 0 Å². The predicted molar refractivity (Wildman–Crippen MR) is 221 cm³/mol. The van der Waals surface area contributed by atoms with E-state index >= 15 is 0 Å². The standard InChI is InChI=1S/C48H32N4S/c1-48(2)39-17-9-6-14-33(39)37-26-27-38-34-15-7-10-18-40(34)52(44(38)43(37)48)47-50-45(31-22-20-30(21-23-31)29-12-4-3-5-13-29)49-46(51-47)32-24-25-36-35-16-8-11-19-41(35)53-42(36)28-32/h3-28H,1-2H3/i1D3,2D3,6D,7D,9D,10D,14D,15D,17D,18D,26D,27D. The zero-order valence-corrected chi connectivity index (χ0v) is 28.3. The molecule has 5 heteroatoms. The van der Waals surface area contributed by atoms with Crippen molar-refractivity contribution in [1.82, 2.24) is 19.5 Å². The van der Waals surface area contributed by atoms with Crippen molar-refractivity contribution in [3.05, 3.63) is 169 Å². The van der Waals surface area contributed by atoms with Crippen LogP contribution in [0.25, 0.3) is 93.0 Å². The number of nitrogens with zero attached hydrogens (tertiary/aromatic N) is 4. The van der Waals surface area contributed by atoms with Gasteiger partial charge in [-0.25, -0.2) is 4.98 Å². The number of benzene rings is 7. The fourth-order valence-electron chi connectivity index (χ4n) is 7.35. The summed E-state index contributed by atoms with van der Waals surface area (Å²) < 4.78 is 149. The predicted octanol–water partition coefficient (Wildman–Crippen LogP) is 12.6. The summed E-state index contributed by atoms with van der Waals surface area (Å²) in [5.41, 5.74) is -4.26. The van der Waals surface area contributed by atoms with Crippen molar-refractivity contribution in [1.29, 1.82) is 0 Å². The maximum atomic E-state index is 9.60. The third kappa shape index (κ3) is 4.51. The average Bonchev–Trinajstić information content (AvgIpc) is 4.00. The Hall–Kier alpha value is -6.43. The zero-order chi connectivity index (χ0) is 49.0. The fraction of sp³-hybridized carbons (Fsp3) is 0.0625. The first-order chi connectivity index (χ1) is 32.7. The van der Waals surface area contributed by atoms with Crippen LogP contribution >= 0.6 is 11.3 Å². The molecule has 0 radical (unpaired) electrons. The lowest BCUT2D eigenvalue weighted by Crippen LogP contribution is -2.17. The third-order valence-corrected chi connectivity index (χ3v) is 10.9. The summed E-state index contributed by atoms with van der Waals surface area (Å²) in [6.07, 6.45) is 0. The third-order valence-electron chi connectivity index (χ3n) is 9.80. The van der Waals surface area contributed by atoms with Crippen LogP contribution < -0.4 is 0 Å². The van der Waals surface area contributed by atoms with Crippen LogP contribution in [0.15, 0.2) is 157 Å². The van der Waals surface area contributed by atoms with Gasteiger partial charge in [-0.15, -0.1) is 11.3 Å². The highest BCUT2D eigenvalue weighted by atomic mass is 32.1. The van der Waals surface area contributed by atoms with Gasteiger partial charge in [0.1, 0.15) is 0 Å².